The standard InChI is InChI=1S/C16H14N2O3/c1-21-9-10-4-2-3-5-14(10)18-15(19)12-7-6-11(17)8-13(12)16(18)20/h2-8H,9,17H2,1H3. The highest BCUT2D eigenvalue weighted by molar-refractivity contribution is 6.34. The molecule has 2 aromatic rings. The third kappa shape index (κ3) is 2.08. The van der Waals surface area contributed by atoms with Crippen molar-refractivity contribution in [1.29, 1.82) is 0 Å². The molecule has 2 aromatic carbocycles. The fourth-order valence-electron chi connectivity index (χ4n) is 2.48. The zero-order valence-electron chi connectivity index (χ0n) is 11.5. The topological polar surface area (TPSA) is 72.6 Å². The number of amides is 2. The van der Waals surface area contributed by atoms with Gasteiger partial charge in [0.1, 0.15) is 0 Å². The fraction of sp³-hybridized carbons (Fsp3) is 0.125. The minimum absolute atomic E-state index is 0.325. The van der Waals surface area contributed by atoms with Crippen LogP contribution in [0.3, 0.4) is 0 Å². The van der Waals surface area contributed by atoms with Crippen molar-refractivity contribution in [2.45, 2.75) is 6.61 Å². The molecule has 1 aliphatic rings. The molecule has 0 saturated heterocycles. The van der Waals surface area contributed by atoms with Crippen LogP contribution in [0.5, 0.6) is 0 Å². The summed E-state index contributed by atoms with van der Waals surface area (Å²) in [6.45, 7) is 0.325. The lowest BCUT2D eigenvalue weighted by atomic mass is 10.1. The first-order chi connectivity index (χ1) is 10.1. The van der Waals surface area contributed by atoms with Crippen molar-refractivity contribution in [2.24, 2.45) is 0 Å². The summed E-state index contributed by atoms with van der Waals surface area (Å²) >= 11 is 0. The Hall–Kier alpha value is -2.66. The molecule has 0 spiro atoms. The lowest BCUT2D eigenvalue weighted by molar-refractivity contribution is 0.0925. The van der Waals surface area contributed by atoms with Gasteiger partial charge in [-0.3, -0.25) is 9.59 Å². The van der Waals surface area contributed by atoms with Crippen molar-refractivity contribution in [3.05, 3.63) is 59.2 Å². The van der Waals surface area contributed by atoms with Gasteiger partial charge in [-0.25, -0.2) is 4.90 Å². The molecule has 21 heavy (non-hydrogen) atoms. The van der Waals surface area contributed by atoms with E-state index in [-0.39, 0.29) is 11.8 Å². The molecule has 0 bridgehead atoms. The van der Waals surface area contributed by atoms with E-state index >= 15 is 0 Å². The number of nitrogens with zero attached hydrogens (tertiary/aromatic N) is 1. The minimum Gasteiger partial charge on any atom is -0.399 e. The minimum atomic E-state index is -0.356. The molecule has 1 heterocycles. The van der Waals surface area contributed by atoms with Crippen molar-refractivity contribution in [3.63, 3.8) is 0 Å². The molecule has 5 nitrogen and oxygen atoms in total. The first-order valence-electron chi connectivity index (χ1n) is 6.48. The SMILES string of the molecule is COCc1ccccc1N1C(=O)c2ccc(N)cc2C1=O. The van der Waals surface area contributed by atoms with Crippen LogP contribution in [0, 0.1) is 0 Å². The van der Waals surface area contributed by atoms with Crippen molar-refractivity contribution in [2.75, 3.05) is 17.7 Å². The van der Waals surface area contributed by atoms with Crippen LogP contribution in [0.4, 0.5) is 11.4 Å². The Kier molecular flexibility index (Phi) is 3.19. The van der Waals surface area contributed by atoms with Crippen LogP contribution < -0.4 is 10.6 Å². The molecule has 0 saturated carbocycles. The third-order valence-corrected chi connectivity index (χ3v) is 3.44. The van der Waals surface area contributed by atoms with E-state index in [1.54, 1.807) is 31.4 Å². The zero-order valence-corrected chi connectivity index (χ0v) is 11.5. The Balaban J connectivity index is 2.10. The van der Waals surface area contributed by atoms with Crippen LogP contribution in [-0.2, 0) is 11.3 Å². The molecule has 106 valence electrons. The Labute approximate surface area is 121 Å². The highest BCUT2D eigenvalue weighted by Crippen LogP contribution is 2.31. The number of nitrogens with two attached hydrogens (primary N) is 1. The molecule has 0 aromatic heterocycles. The summed E-state index contributed by atoms with van der Waals surface area (Å²) in [5.41, 5.74) is 8.20. The number of hydrogen-bond donors (Lipinski definition) is 1. The van der Waals surface area contributed by atoms with Crippen LogP contribution in [0.2, 0.25) is 0 Å². The predicted molar refractivity (Wildman–Crippen MR) is 79.1 cm³/mol. The van der Waals surface area contributed by atoms with E-state index in [0.717, 1.165) is 5.56 Å². The van der Waals surface area contributed by atoms with Crippen molar-refractivity contribution < 1.29 is 14.3 Å². The maximum Gasteiger partial charge on any atom is 0.266 e. The molecule has 2 N–H and O–H groups in total. The van der Waals surface area contributed by atoms with E-state index in [1.807, 2.05) is 12.1 Å². The molecule has 0 aliphatic carbocycles. The van der Waals surface area contributed by atoms with Gasteiger partial charge in [0.05, 0.1) is 23.4 Å². The lowest BCUT2D eigenvalue weighted by Crippen LogP contribution is -2.30. The van der Waals surface area contributed by atoms with Crippen molar-refractivity contribution >= 4 is 23.2 Å². The number of methoxy groups -OCH3 is 1. The van der Waals surface area contributed by atoms with Gasteiger partial charge in [-0.2, -0.15) is 0 Å². The van der Waals surface area contributed by atoms with Crippen LogP contribution in [0.25, 0.3) is 0 Å². The molecular weight excluding hydrogens is 268 g/mol. The fourth-order valence-corrected chi connectivity index (χ4v) is 2.48. The molecule has 3 rings (SSSR count). The van der Waals surface area contributed by atoms with E-state index in [9.17, 15) is 9.59 Å². The average Bonchev–Trinajstić information content (AvgIpc) is 2.72. The van der Waals surface area contributed by atoms with Gasteiger partial charge in [0, 0.05) is 18.4 Å². The Morgan fingerprint density at radius 2 is 1.76 bits per heavy atom. The van der Waals surface area contributed by atoms with Gasteiger partial charge >= 0.3 is 0 Å². The number of carbonyl (C=O) groups is 2. The quantitative estimate of drug-likeness (QED) is 0.692. The number of para-hydroxylation sites is 1. The molecule has 2 amide bonds. The van der Waals surface area contributed by atoms with E-state index in [4.69, 9.17) is 10.5 Å². The summed E-state index contributed by atoms with van der Waals surface area (Å²) in [7, 11) is 1.57. The lowest BCUT2D eigenvalue weighted by Gasteiger charge is -2.17. The van der Waals surface area contributed by atoms with Gasteiger partial charge in [-0.1, -0.05) is 18.2 Å². The molecule has 1 aliphatic heterocycles. The third-order valence-electron chi connectivity index (χ3n) is 3.44. The highest BCUT2D eigenvalue weighted by Gasteiger charge is 2.37. The summed E-state index contributed by atoms with van der Waals surface area (Å²) in [5.74, 6) is -0.690. The second kappa shape index (κ2) is 5.03. The summed E-state index contributed by atoms with van der Waals surface area (Å²) in [4.78, 5) is 26.2. The van der Waals surface area contributed by atoms with Gasteiger partial charge in [-0.15, -0.1) is 0 Å². The van der Waals surface area contributed by atoms with Crippen LogP contribution >= 0.6 is 0 Å². The second-order valence-electron chi connectivity index (χ2n) is 4.81. The van der Waals surface area contributed by atoms with Crippen LogP contribution in [0.1, 0.15) is 26.3 Å². The molecular formula is C16H14N2O3. The normalized spacial score (nSPS) is 13.7. The van der Waals surface area contributed by atoms with E-state index in [0.29, 0.717) is 29.1 Å². The number of imide groups is 1. The van der Waals surface area contributed by atoms with Crippen molar-refractivity contribution in [1.82, 2.24) is 0 Å². The monoisotopic (exact) mass is 282 g/mol. The summed E-state index contributed by atoms with van der Waals surface area (Å²) in [6.07, 6.45) is 0. The molecule has 0 fully saturated rings. The predicted octanol–water partition coefficient (Wildman–Crippen LogP) is 2.22. The first-order valence-corrected chi connectivity index (χ1v) is 6.48. The molecule has 0 atom stereocenters. The number of hydrogen-bond acceptors (Lipinski definition) is 4. The molecule has 0 unspecified atom stereocenters. The smallest absolute Gasteiger partial charge is 0.266 e. The van der Waals surface area contributed by atoms with E-state index in [2.05, 4.69) is 0 Å². The van der Waals surface area contributed by atoms with Gasteiger partial charge in [0.15, 0.2) is 0 Å². The summed E-state index contributed by atoms with van der Waals surface area (Å²) in [5, 5.41) is 0. The number of benzene rings is 2. The summed E-state index contributed by atoms with van der Waals surface area (Å²) < 4.78 is 5.13. The zero-order chi connectivity index (χ0) is 15.0. The molecule has 0 radical (unpaired) electrons. The Morgan fingerprint density at radius 3 is 2.52 bits per heavy atom. The van der Waals surface area contributed by atoms with Gasteiger partial charge in [0.25, 0.3) is 11.8 Å². The maximum atomic E-state index is 12.5. The molecule has 5 heteroatoms. The van der Waals surface area contributed by atoms with E-state index in [1.165, 1.54) is 11.0 Å². The number of carbonyl (C=O) groups excluding carboxylic acids is 2. The number of rotatable bonds is 3. The summed E-state index contributed by atoms with van der Waals surface area (Å²) in [6, 6.07) is 11.9. The Morgan fingerprint density at radius 1 is 1.05 bits per heavy atom. The van der Waals surface area contributed by atoms with Gasteiger partial charge in [-0.05, 0) is 24.3 Å². The largest absolute Gasteiger partial charge is 0.399 e. The van der Waals surface area contributed by atoms with Gasteiger partial charge < -0.3 is 10.5 Å². The average molecular weight is 282 g/mol. The van der Waals surface area contributed by atoms with Crippen molar-refractivity contribution in [3.8, 4) is 0 Å². The number of ether oxygens (including phenoxy) is 1. The first kappa shape index (κ1) is 13.3. The highest BCUT2D eigenvalue weighted by atomic mass is 16.5. The Bertz CT molecular complexity index is 740. The van der Waals surface area contributed by atoms with Crippen LogP contribution in [0.15, 0.2) is 42.5 Å². The van der Waals surface area contributed by atoms with Gasteiger partial charge in [0.2, 0.25) is 0 Å². The van der Waals surface area contributed by atoms with Crippen LogP contribution in [-0.4, -0.2) is 18.9 Å². The number of fused-ring (bicyclic) bond motifs is 1. The second-order valence-corrected chi connectivity index (χ2v) is 4.81. The number of anilines is 2. The number of nitrogen functional groups attached to an aromatic ring is 1. The van der Waals surface area contributed by atoms with E-state index < -0.39 is 0 Å². The maximum absolute atomic E-state index is 12.5.